The molecule has 1 atom stereocenters. The minimum absolute atomic E-state index is 0.295. The molecule has 1 saturated carbocycles. The highest BCUT2D eigenvalue weighted by molar-refractivity contribution is 5.78. The van der Waals surface area contributed by atoms with Crippen molar-refractivity contribution in [3.05, 3.63) is 0 Å². The fraction of sp³-hybridized carbons (Fsp3) is 0.923. The van der Waals surface area contributed by atoms with E-state index in [-0.39, 0.29) is 0 Å². The predicted molar refractivity (Wildman–Crippen MR) is 65.2 cm³/mol. The SMILES string of the molecule is O=C(NCC1CCCN1)C1CCCCCC1. The van der Waals surface area contributed by atoms with Crippen LogP contribution in [0.4, 0.5) is 0 Å². The van der Waals surface area contributed by atoms with Crippen LogP contribution in [-0.2, 0) is 4.79 Å². The Bertz CT molecular complexity index is 216. The van der Waals surface area contributed by atoms with E-state index in [2.05, 4.69) is 10.6 Å². The van der Waals surface area contributed by atoms with Gasteiger partial charge in [0.1, 0.15) is 0 Å². The summed E-state index contributed by atoms with van der Waals surface area (Å²) in [7, 11) is 0. The van der Waals surface area contributed by atoms with E-state index >= 15 is 0 Å². The summed E-state index contributed by atoms with van der Waals surface area (Å²) >= 11 is 0. The summed E-state index contributed by atoms with van der Waals surface area (Å²) < 4.78 is 0. The Morgan fingerprint density at radius 2 is 1.81 bits per heavy atom. The first-order chi connectivity index (χ1) is 7.86. The smallest absolute Gasteiger partial charge is 0.223 e. The fourth-order valence-electron chi connectivity index (χ4n) is 2.84. The van der Waals surface area contributed by atoms with E-state index < -0.39 is 0 Å². The Balaban J connectivity index is 1.69. The van der Waals surface area contributed by atoms with Crippen LogP contribution >= 0.6 is 0 Å². The van der Waals surface area contributed by atoms with Gasteiger partial charge in [-0.25, -0.2) is 0 Å². The van der Waals surface area contributed by atoms with Gasteiger partial charge in [-0.15, -0.1) is 0 Å². The molecule has 1 unspecified atom stereocenters. The lowest BCUT2D eigenvalue weighted by Crippen LogP contribution is -2.39. The van der Waals surface area contributed by atoms with E-state index in [4.69, 9.17) is 0 Å². The summed E-state index contributed by atoms with van der Waals surface area (Å²) in [6.07, 6.45) is 9.77. The average Bonchev–Trinajstić information content (AvgIpc) is 2.66. The highest BCUT2D eigenvalue weighted by Gasteiger charge is 2.21. The molecule has 1 amide bonds. The Labute approximate surface area is 98.4 Å². The quantitative estimate of drug-likeness (QED) is 0.718. The molecule has 0 bridgehead atoms. The van der Waals surface area contributed by atoms with E-state index in [1.807, 2.05) is 0 Å². The molecule has 1 aliphatic carbocycles. The lowest BCUT2D eigenvalue weighted by molar-refractivity contribution is -0.125. The number of carbonyl (C=O) groups excluding carboxylic acids is 1. The molecule has 1 saturated heterocycles. The highest BCUT2D eigenvalue weighted by Crippen LogP contribution is 2.22. The van der Waals surface area contributed by atoms with Gasteiger partial charge in [0, 0.05) is 18.5 Å². The number of carbonyl (C=O) groups is 1. The standard InChI is InChI=1S/C13H24N2O/c16-13(11-6-3-1-2-4-7-11)15-10-12-8-5-9-14-12/h11-12,14H,1-10H2,(H,15,16). The van der Waals surface area contributed by atoms with E-state index in [0.29, 0.717) is 17.9 Å². The number of hydrogen-bond donors (Lipinski definition) is 2. The second-order valence-electron chi connectivity index (χ2n) is 5.23. The maximum absolute atomic E-state index is 12.0. The second kappa shape index (κ2) is 6.24. The molecule has 2 fully saturated rings. The number of hydrogen-bond acceptors (Lipinski definition) is 2. The van der Waals surface area contributed by atoms with Gasteiger partial charge in [0.05, 0.1) is 0 Å². The first-order valence-corrected chi connectivity index (χ1v) is 6.87. The van der Waals surface area contributed by atoms with E-state index in [1.165, 1.54) is 38.5 Å². The molecule has 92 valence electrons. The minimum Gasteiger partial charge on any atom is -0.354 e. The van der Waals surface area contributed by atoms with Gasteiger partial charge in [-0.1, -0.05) is 25.7 Å². The van der Waals surface area contributed by atoms with Crippen LogP contribution in [0.15, 0.2) is 0 Å². The van der Waals surface area contributed by atoms with Crippen LogP contribution in [0, 0.1) is 5.92 Å². The maximum atomic E-state index is 12.0. The van der Waals surface area contributed by atoms with Crippen LogP contribution in [0.5, 0.6) is 0 Å². The van der Waals surface area contributed by atoms with Gasteiger partial charge in [-0.3, -0.25) is 4.79 Å². The molecule has 0 aromatic carbocycles. The summed E-state index contributed by atoms with van der Waals surface area (Å²) in [6.45, 7) is 1.94. The summed E-state index contributed by atoms with van der Waals surface area (Å²) in [5, 5.41) is 6.53. The van der Waals surface area contributed by atoms with Gasteiger partial charge in [0.25, 0.3) is 0 Å². The van der Waals surface area contributed by atoms with Crippen LogP contribution in [0.3, 0.4) is 0 Å². The van der Waals surface area contributed by atoms with Crippen molar-refractivity contribution in [2.24, 2.45) is 5.92 Å². The van der Waals surface area contributed by atoms with Gasteiger partial charge >= 0.3 is 0 Å². The van der Waals surface area contributed by atoms with Gasteiger partial charge in [-0.05, 0) is 32.2 Å². The highest BCUT2D eigenvalue weighted by atomic mass is 16.1. The van der Waals surface area contributed by atoms with Gasteiger partial charge in [0.2, 0.25) is 5.91 Å². The summed E-state index contributed by atoms with van der Waals surface area (Å²) in [5.74, 6) is 0.597. The molecule has 1 aliphatic heterocycles. The molecule has 0 radical (unpaired) electrons. The van der Waals surface area contributed by atoms with Crippen LogP contribution in [-0.4, -0.2) is 25.0 Å². The van der Waals surface area contributed by atoms with Crippen molar-refractivity contribution in [3.8, 4) is 0 Å². The van der Waals surface area contributed by atoms with E-state index in [0.717, 1.165) is 25.9 Å². The number of amides is 1. The molecular weight excluding hydrogens is 200 g/mol. The first-order valence-electron chi connectivity index (χ1n) is 6.87. The Hall–Kier alpha value is -0.570. The molecular formula is C13H24N2O. The normalized spacial score (nSPS) is 27.6. The minimum atomic E-state index is 0.295. The zero-order chi connectivity index (χ0) is 11.2. The van der Waals surface area contributed by atoms with Crippen LogP contribution in [0.2, 0.25) is 0 Å². The molecule has 2 aliphatic rings. The van der Waals surface area contributed by atoms with Crippen molar-refractivity contribution < 1.29 is 4.79 Å². The topological polar surface area (TPSA) is 41.1 Å². The van der Waals surface area contributed by atoms with Crippen molar-refractivity contribution in [1.82, 2.24) is 10.6 Å². The lowest BCUT2D eigenvalue weighted by Gasteiger charge is -2.16. The third kappa shape index (κ3) is 3.48. The third-order valence-electron chi connectivity index (χ3n) is 3.91. The monoisotopic (exact) mass is 224 g/mol. The van der Waals surface area contributed by atoms with Crippen molar-refractivity contribution in [2.45, 2.75) is 57.4 Å². The van der Waals surface area contributed by atoms with Crippen LogP contribution in [0.1, 0.15) is 51.4 Å². The Morgan fingerprint density at radius 1 is 1.06 bits per heavy atom. The molecule has 16 heavy (non-hydrogen) atoms. The van der Waals surface area contributed by atoms with Gasteiger partial charge < -0.3 is 10.6 Å². The summed E-state index contributed by atoms with van der Waals surface area (Å²) in [4.78, 5) is 12.0. The van der Waals surface area contributed by atoms with Gasteiger partial charge in [0.15, 0.2) is 0 Å². The average molecular weight is 224 g/mol. The summed E-state index contributed by atoms with van der Waals surface area (Å²) in [5.41, 5.74) is 0. The molecule has 1 heterocycles. The predicted octanol–water partition coefficient (Wildman–Crippen LogP) is 1.82. The molecule has 0 aromatic rings. The van der Waals surface area contributed by atoms with E-state index in [1.54, 1.807) is 0 Å². The zero-order valence-electron chi connectivity index (χ0n) is 10.1. The van der Waals surface area contributed by atoms with Gasteiger partial charge in [-0.2, -0.15) is 0 Å². The molecule has 3 heteroatoms. The van der Waals surface area contributed by atoms with Crippen molar-refractivity contribution in [3.63, 3.8) is 0 Å². The maximum Gasteiger partial charge on any atom is 0.223 e. The Morgan fingerprint density at radius 3 is 2.44 bits per heavy atom. The first kappa shape index (κ1) is 11.9. The molecule has 2 N–H and O–H groups in total. The second-order valence-corrected chi connectivity index (χ2v) is 5.23. The summed E-state index contributed by atoms with van der Waals surface area (Å²) in [6, 6.07) is 0.523. The number of nitrogens with one attached hydrogen (secondary N) is 2. The molecule has 0 aromatic heterocycles. The van der Waals surface area contributed by atoms with Crippen molar-refractivity contribution in [2.75, 3.05) is 13.1 Å². The Kier molecular flexibility index (Phi) is 4.64. The van der Waals surface area contributed by atoms with Crippen molar-refractivity contribution >= 4 is 5.91 Å². The van der Waals surface area contributed by atoms with Crippen molar-refractivity contribution in [1.29, 1.82) is 0 Å². The molecule has 0 spiro atoms. The lowest BCUT2D eigenvalue weighted by atomic mass is 9.99. The molecule has 2 rings (SSSR count). The zero-order valence-corrected chi connectivity index (χ0v) is 10.1. The van der Waals surface area contributed by atoms with E-state index in [9.17, 15) is 4.79 Å². The number of rotatable bonds is 3. The third-order valence-corrected chi connectivity index (χ3v) is 3.91. The van der Waals surface area contributed by atoms with Crippen LogP contribution < -0.4 is 10.6 Å². The molecule has 3 nitrogen and oxygen atoms in total. The van der Waals surface area contributed by atoms with Crippen LogP contribution in [0.25, 0.3) is 0 Å². The fourth-order valence-corrected chi connectivity index (χ4v) is 2.84. The largest absolute Gasteiger partial charge is 0.354 e.